The molecule has 0 aromatic carbocycles. The Morgan fingerprint density at radius 2 is 1.83 bits per heavy atom. The molecule has 1 unspecified atom stereocenters. The van der Waals surface area contributed by atoms with Gasteiger partial charge in [-0.15, -0.1) is 0 Å². The molecule has 1 atom stereocenters. The molecule has 2 aliphatic heterocycles. The maximum Gasteiger partial charge on any atom is 0.0597 e. The van der Waals surface area contributed by atoms with Gasteiger partial charge in [-0.2, -0.15) is 0 Å². The lowest BCUT2D eigenvalue weighted by Crippen LogP contribution is -2.43. The van der Waals surface area contributed by atoms with Crippen LogP contribution in [0.4, 0.5) is 0 Å². The summed E-state index contributed by atoms with van der Waals surface area (Å²) in [5, 5.41) is 0. The van der Waals surface area contributed by atoms with Gasteiger partial charge in [-0.1, -0.05) is 6.42 Å². The Labute approximate surface area is 112 Å². The predicted octanol–water partition coefficient (Wildman–Crippen LogP) is 2.36. The van der Waals surface area contributed by atoms with Crippen LogP contribution in [-0.2, 0) is 4.74 Å². The zero-order valence-corrected chi connectivity index (χ0v) is 12.2. The summed E-state index contributed by atoms with van der Waals surface area (Å²) in [5.74, 6) is 0. The van der Waals surface area contributed by atoms with Crippen molar-refractivity contribution in [3.63, 3.8) is 0 Å². The van der Waals surface area contributed by atoms with Crippen LogP contribution in [0.5, 0.6) is 0 Å². The van der Waals surface area contributed by atoms with Crippen LogP contribution in [0.3, 0.4) is 0 Å². The van der Waals surface area contributed by atoms with Gasteiger partial charge >= 0.3 is 0 Å². The van der Waals surface area contributed by atoms with E-state index in [4.69, 9.17) is 4.74 Å². The molecule has 0 N–H and O–H groups in total. The molecule has 3 nitrogen and oxygen atoms in total. The van der Waals surface area contributed by atoms with Crippen molar-refractivity contribution in [2.75, 3.05) is 39.3 Å². The summed E-state index contributed by atoms with van der Waals surface area (Å²) in [7, 11) is 0. The summed E-state index contributed by atoms with van der Waals surface area (Å²) in [4.78, 5) is 5.33. The fourth-order valence-corrected chi connectivity index (χ4v) is 3.24. The molecule has 0 amide bonds. The fourth-order valence-electron chi connectivity index (χ4n) is 3.24. The lowest BCUT2D eigenvalue weighted by Gasteiger charge is -2.33. The van der Waals surface area contributed by atoms with Crippen LogP contribution in [0, 0.1) is 0 Å². The van der Waals surface area contributed by atoms with E-state index in [1.807, 2.05) is 0 Å². The van der Waals surface area contributed by atoms with Crippen LogP contribution in [0.15, 0.2) is 0 Å². The number of hydrogen-bond donors (Lipinski definition) is 0. The van der Waals surface area contributed by atoms with Crippen LogP contribution < -0.4 is 0 Å². The van der Waals surface area contributed by atoms with Crippen LogP contribution >= 0.6 is 0 Å². The first-order valence-corrected chi connectivity index (χ1v) is 7.83. The molecule has 2 heterocycles. The van der Waals surface area contributed by atoms with Crippen molar-refractivity contribution < 1.29 is 4.74 Å². The molecule has 3 heteroatoms. The Balaban J connectivity index is 1.69. The van der Waals surface area contributed by atoms with Gasteiger partial charge in [0.1, 0.15) is 0 Å². The second-order valence-electron chi connectivity index (χ2n) is 6.11. The first kappa shape index (κ1) is 14.3. The van der Waals surface area contributed by atoms with E-state index in [0.29, 0.717) is 6.10 Å². The molecular formula is C15H30N2O. The van der Waals surface area contributed by atoms with Crippen molar-refractivity contribution in [2.45, 2.75) is 58.1 Å². The van der Waals surface area contributed by atoms with E-state index in [1.165, 1.54) is 58.3 Å². The van der Waals surface area contributed by atoms with Gasteiger partial charge in [0.2, 0.25) is 0 Å². The van der Waals surface area contributed by atoms with Crippen LogP contribution in [0.2, 0.25) is 0 Å². The number of nitrogens with zero attached hydrogens (tertiary/aromatic N) is 2. The molecule has 0 spiro atoms. The average molecular weight is 254 g/mol. The summed E-state index contributed by atoms with van der Waals surface area (Å²) in [5.41, 5.74) is 0. The van der Waals surface area contributed by atoms with Gasteiger partial charge in [0, 0.05) is 19.1 Å². The van der Waals surface area contributed by atoms with Gasteiger partial charge in [0.25, 0.3) is 0 Å². The first-order chi connectivity index (χ1) is 8.75. The monoisotopic (exact) mass is 254 g/mol. The minimum absolute atomic E-state index is 0.369. The highest BCUT2D eigenvalue weighted by molar-refractivity contribution is 4.82. The maximum absolute atomic E-state index is 5.69. The largest absolute Gasteiger partial charge is 0.377 e. The van der Waals surface area contributed by atoms with Gasteiger partial charge in [-0.05, 0) is 59.2 Å². The maximum atomic E-state index is 5.69. The number of rotatable bonds is 6. The van der Waals surface area contributed by atoms with Gasteiger partial charge in [0.15, 0.2) is 0 Å². The Hall–Kier alpha value is -0.120. The van der Waals surface area contributed by atoms with Crippen molar-refractivity contribution in [3.8, 4) is 0 Å². The van der Waals surface area contributed by atoms with Gasteiger partial charge in [-0.25, -0.2) is 0 Å². The topological polar surface area (TPSA) is 15.7 Å². The summed E-state index contributed by atoms with van der Waals surface area (Å²) < 4.78 is 5.69. The highest BCUT2D eigenvalue weighted by Gasteiger charge is 2.26. The Morgan fingerprint density at radius 1 is 1.06 bits per heavy atom. The standard InChI is InChI=1S/C15H30N2O/c1-14(2)18-12-11-17-10-6-7-15(17)13-16-8-4-3-5-9-16/h14-15H,3-13H2,1-2H3. The smallest absolute Gasteiger partial charge is 0.0597 e. The molecular weight excluding hydrogens is 224 g/mol. The van der Waals surface area contributed by atoms with E-state index in [1.54, 1.807) is 0 Å². The molecule has 0 radical (unpaired) electrons. The third-order valence-corrected chi connectivity index (χ3v) is 4.25. The van der Waals surface area contributed by atoms with Crippen molar-refractivity contribution >= 4 is 0 Å². The molecule has 0 bridgehead atoms. The quantitative estimate of drug-likeness (QED) is 0.724. The second-order valence-corrected chi connectivity index (χ2v) is 6.11. The molecule has 0 aromatic rings. The highest BCUT2D eigenvalue weighted by Crippen LogP contribution is 2.19. The zero-order valence-electron chi connectivity index (χ0n) is 12.2. The lowest BCUT2D eigenvalue weighted by molar-refractivity contribution is 0.0512. The van der Waals surface area contributed by atoms with Crippen LogP contribution in [0.1, 0.15) is 46.0 Å². The van der Waals surface area contributed by atoms with E-state index in [9.17, 15) is 0 Å². The highest BCUT2D eigenvalue weighted by atomic mass is 16.5. The minimum Gasteiger partial charge on any atom is -0.377 e. The van der Waals surface area contributed by atoms with Crippen molar-refractivity contribution in [3.05, 3.63) is 0 Å². The van der Waals surface area contributed by atoms with Gasteiger partial charge in [-0.3, -0.25) is 4.90 Å². The summed E-state index contributed by atoms with van der Waals surface area (Å²) in [6, 6.07) is 0.791. The summed E-state index contributed by atoms with van der Waals surface area (Å²) in [6.07, 6.45) is 7.38. The molecule has 2 saturated heterocycles. The van der Waals surface area contributed by atoms with E-state index in [-0.39, 0.29) is 0 Å². The molecule has 0 aliphatic carbocycles. The van der Waals surface area contributed by atoms with Gasteiger partial charge < -0.3 is 9.64 Å². The molecule has 106 valence electrons. The molecule has 2 rings (SSSR count). The third-order valence-electron chi connectivity index (χ3n) is 4.25. The number of likely N-dealkylation sites (tertiary alicyclic amines) is 2. The lowest BCUT2D eigenvalue weighted by atomic mass is 10.1. The number of ether oxygens (including phenoxy) is 1. The zero-order chi connectivity index (χ0) is 12.8. The van der Waals surface area contributed by atoms with Crippen molar-refractivity contribution in [1.82, 2.24) is 9.80 Å². The van der Waals surface area contributed by atoms with Gasteiger partial charge in [0.05, 0.1) is 12.7 Å². The average Bonchev–Trinajstić information content (AvgIpc) is 2.78. The number of piperidine rings is 1. The third kappa shape index (κ3) is 4.52. The summed E-state index contributed by atoms with van der Waals surface area (Å²) >= 11 is 0. The Morgan fingerprint density at radius 3 is 2.56 bits per heavy atom. The summed E-state index contributed by atoms with van der Waals surface area (Å²) in [6.45, 7) is 11.5. The van der Waals surface area contributed by atoms with Crippen molar-refractivity contribution in [1.29, 1.82) is 0 Å². The fraction of sp³-hybridized carbons (Fsp3) is 1.00. The van der Waals surface area contributed by atoms with Crippen LogP contribution in [0.25, 0.3) is 0 Å². The molecule has 18 heavy (non-hydrogen) atoms. The van der Waals surface area contributed by atoms with Crippen LogP contribution in [-0.4, -0.2) is 61.3 Å². The van der Waals surface area contributed by atoms with E-state index in [0.717, 1.165) is 19.2 Å². The predicted molar refractivity (Wildman–Crippen MR) is 76.0 cm³/mol. The van der Waals surface area contributed by atoms with E-state index in [2.05, 4.69) is 23.6 Å². The minimum atomic E-state index is 0.369. The molecule has 2 fully saturated rings. The van der Waals surface area contributed by atoms with Crippen molar-refractivity contribution in [2.24, 2.45) is 0 Å². The molecule has 0 aromatic heterocycles. The Bertz CT molecular complexity index is 227. The second kappa shape index (κ2) is 7.46. The molecule has 0 saturated carbocycles. The SMILES string of the molecule is CC(C)OCCN1CCCC1CN1CCCCC1. The Kier molecular flexibility index (Phi) is 5.93. The first-order valence-electron chi connectivity index (χ1n) is 7.83. The number of hydrogen-bond acceptors (Lipinski definition) is 3. The van der Waals surface area contributed by atoms with E-state index >= 15 is 0 Å². The van der Waals surface area contributed by atoms with E-state index < -0.39 is 0 Å². The molecule has 2 aliphatic rings. The normalized spacial score (nSPS) is 27.2.